The first-order valence-corrected chi connectivity index (χ1v) is 9.23. The first-order valence-electron chi connectivity index (χ1n) is 7.68. The van der Waals surface area contributed by atoms with E-state index in [-0.39, 0.29) is 17.3 Å². The van der Waals surface area contributed by atoms with Crippen LogP contribution in [0.4, 0.5) is 4.39 Å². The second-order valence-electron chi connectivity index (χ2n) is 5.73. The molecule has 1 amide bonds. The van der Waals surface area contributed by atoms with Crippen molar-refractivity contribution in [1.29, 1.82) is 0 Å². The first-order chi connectivity index (χ1) is 11.5. The van der Waals surface area contributed by atoms with Gasteiger partial charge >= 0.3 is 0 Å². The first kappa shape index (κ1) is 16.6. The maximum Gasteiger partial charge on any atom is 0.272 e. The third kappa shape index (κ3) is 3.31. The number of carbonyl (C=O) groups is 1. The quantitative estimate of drug-likeness (QED) is 0.798. The summed E-state index contributed by atoms with van der Waals surface area (Å²) in [4.78, 5) is 18.1. The number of sulfone groups is 1. The fourth-order valence-electron chi connectivity index (χ4n) is 2.84. The van der Waals surface area contributed by atoms with Gasteiger partial charge in [-0.15, -0.1) is 0 Å². The van der Waals surface area contributed by atoms with E-state index in [0.29, 0.717) is 25.1 Å². The van der Waals surface area contributed by atoms with E-state index >= 15 is 0 Å². The summed E-state index contributed by atoms with van der Waals surface area (Å²) >= 11 is 0. The van der Waals surface area contributed by atoms with E-state index in [2.05, 4.69) is 4.98 Å². The second-order valence-corrected chi connectivity index (χ2v) is 7.96. The van der Waals surface area contributed by atoms with E-state index in [9.17, 15) is 17.6 Å². The standard InChI is InChI=1S/C17H17FN2O3S/c18-13-6-8-14(9-7-13)24(22,23)15-4-3-11-20(12-15)17(21)16-5-1-2-10-19-16/h1-2,5-10,15H,3-4,11-12H2/t15-/m0/s1. The molecule has 0 unspecified atom stereocenters. The number of rotatable bonds is 3. The molecule has 1 aromatic heterocycles. The number of hydrogen-bond acceptors (Lipinski definition) is 4. The zero-order chi connectivity index (χ0) is 17.2. The Labute approximate surface area is 140 Å². The molecule has 1 saturated heterocycles. The molecule has 126 valence electrons. The highest BCUT2D eigenvalue weighted by Gasteiger charge is 2.34. The van der Waals surface area contributed by atoms with Gasteiger partial charge in [0.15, 0.2) is 9.84 Å². The molecule has 1 fully saturated rings. The van der Waals surface area contributed by atoms with Crippen molar-refractivity contribution in [1.82, 2.24) is 9.88 Å². The molecular formula is C17H17FN2O3S. The van der Waals surface area contributed by atoms with Crippen LogP contribution >= 0.6 is 0 Å². The van der Waals surface area contributed by atoms with Gasteiger partial charge in [-0.05, 0) is 49.2 Å². The van der Waals surface area contributed by atoms with Gasteiger partial charge in [0.2, 0.25) is 0 Å². The van der Waals surface area contributed by atoms with Gasteiger partial charge in [-0.2, -0.15) is 0 Å². The van der Waals surface area contributed by atoms with Crippen LogP contribution in [-0.2, 0) is 9.84 Å². The smallest absolute Gasteiger partial charge is 0.272 e. The van der Waals surface area contributed by atoms with E-state index in [1.54, 1.807) is 18.2 Å². The minimum absolute atomic E-state index is 0.0843. The lowest BCUT2D eigenvalue weighted by atomic mass is 10.1. The highest BCUT2D eigenvalue weighted by molar-refractivity contribution is 7.92. The van der Waals surface area contributed by atoms with Gasteiger partial charge in [-0.25, -0.2) is 12.8 Å². The van der Waals surface area contributed by atoms with Gasteiger partial charge < -0.3 is 4.90 Å². The van der Waals surface area contributed by atoms with E-state index in [1.165, 1.54) is 23.2 Å². The summed E-state index contributed by atoms with van der Waals surface area (Å²) in [5.74, 6) is -0.751. The molecule has 0 bridgehead atoms. The molecule has 5 nitrogen and oxygen atoms in total. The summed E-state index contributed by atoms with van der Waals surface area (Å²) in [5.41, 5.74) is 0.303. The fraction of sp³-hybridized carbons (Fsp3) is 0.294. The fourth-order valence-corrected chi connectivity index (χ4v) is 4.60. The van der Waals surface area contributed by atoms with Crippen molar-refractivity contribution in [3.63, 3.8) is 0 Å². The van der Waals surface area contributed by atoms with Gasteiger partial charge in [0.25, 0.3) is 5.91 Å². The number of piperidine rings is 1. The van der Waals surface area contributed by atoms with Gasteiger partial charge in [0.1, 0.15) is 11.5 Å². The minimum atomic E-state index is -3.61. The summed E-state index contributed by atoms with van der Waals surface area (Å²) < 4.78 is 38.5. The Balaban J connectivity index is 1.80. The van der Waals surface area contributed by atoms with Crippen molar-refractivity contribution in [3.8, 4) is 0 Å². The summed E-state index contributed by atoms with van der Waals surface area (Å²) in [6, 6.07) is 9.85. The third-order valence-corrected chi connectivity index (χ3v) is 6.32. The lowest BCUT2D eigenvalue weighted by molar-refractivity contribution is 0.0721. The molecule has 0 radical (unpaired) electrons. The van der Waals surface area contributed by atoms with Crippen molar-refractivity contribution in [2.45, 2.75) is 23.0 Å². The Hall–Kier alpha value is -2.28. The lowest BCUT2D eigenvalue weighted by Gasteiger charge is -2.32. The van der Waals surface area contributed by atoms with Crippen LogP contribution in [0, 0.1) is 5.82 Å². The van der Waals surface area contributed by atoms with Crippen molar-refractivity contribution in [2.24, 2.45) is 0 Å². The van der Waals surface area contributed by atoms with Crippen LogP contribution in [0.15, 0.2) is 53.6 Å². The minimum Gasteiger partial charge on any atom is -0.336 e. The Morgan fingerprint density at radius 2 is 1.92 bits per heavy atom. The van der Waals surface area contributed by atoms with Crippen LogP contribution in [0.1, 0.15) is 23.3 Å². The SMILES string of the molecule is O=C(c1ccccn1)N1CCC[C@H](S(=O)(=O)c2ccc(F)cc2)C1. The topological polar surface area (TPSA) is 67.3 Å². The zero-order valence-electron chi connectivity index (χ0n) is 12.9. The van der Waals surface area contributed by atoms with E-state index in [1.807, 2.05) is 0 Å². The van der Waals surface area contributed by atoms with Crippen LogP contribution in [0.2, 0.25) is 0 Å². The van der Waals surface area contributed by atoms with E-state index in [4.69, 9.17) is 0 Å². The summed E-state index contributed by atoms with van der Waals surface area (Å²) in [7, 11) is -3.61. The van der Waals surface area contributed by atoms with Gasteiger partial charge in [0, 0.05) is 19.3 Å². The Morgan fingerprint density at radius 1 is 1.17 bits per heavy atom. The molecule has 0 saturated carbocycles. The normalized spacial score (nSPS) is 18.4. The van der Waals surface area contributed by atoms with Crippen LogP contribution in [-0.4, -0.2) is 42.5 Å². The highest BCUT2D eigenvalue weighted by Crippen LogP contribution is 2.24. The number of aromatic nitrogens is 1. The molecule has 24 heavy (non-hydrogen) atoms. The number of carbonyl (C=O) groups excluding carboxylic acids is 1. The summed E-state index contributed by atoms with van der Waals surface area (Å²) in [5, 5.41) is -0.690. The van der Waals surface area contributed by atoms with Crippen LogP contribution in [0.3, 0.4) is 0 Å². The van der Waals surface area contributed by atoms with Gasteiger partial charge in [-0.1, -0.05) is 6.07 Å². The Morgan fingerprint density at radius 3 is 2.58 bits per heavy atom. The lowest BCUT2D eigenvalue weighted by Crippen LogP contribution is -2.45. The van der Waals surface area contributed by atoms with Crippen LogP contribution in [0.25, 0.3) is 0 Å². The second kappa shape index (κ2) is 6.68. The Bertz CT molecular complexity index is 823. The maximum absolute atomic E-state index is 13.0. The molecule has 1 aliphatic heterocycles. The van der Waals surface area contributed by atoms with E-state index < -0.39 is 20.9 Å². The number of halogens is 1. The molecule has 2 heterocycles. The van der Waals surface area contributed by atoms with Crippen LogP contribution in [0.5, 0.6) is 0 Å². The predicted octanol–water partition coefficient (Wildman–Crippen LogP) is 2.30. The monoisotopic (exact) mass is 348 g/mol. The Kier molecular flexibility index (Phi) is 4.62. The van der Waals surface area contributed by atoms with Gasteiger partial charge in [-0.3, -0.25) is 9.78 Å². The number of pyridine rings is 1. The maximum atomic E-state index is 13.0. The molecular weight excluding hydrogens is 331 g/mol. The van der Waals surface area contributed by atoms with Crippen molar-refractivity contribution in [3.05, 3.63) is 60.2 Å². The van der Waals surface area contributed by atoms with Gasteiger partial charge in [0.05, 0.1) is 10.1 Å². The molecule has 0 N–H and O–H groups in total. The third-order valence-electron chi connectivity index (χ3n) is 4.13. The largest absolute Gasteiger partial charge is 0.336 e. The molecule has 1 aliphatic rings. The zero-order valence-corrected chi connectivity index (χ0v) is 13.7. The molecule has 2 aromatic rings. The van der Waals surface area contributed by atoms with Crippen molar-refractivity contribution in [2.75, 3.05) is 13.1 Å². The molecule has 7 heteroatoms. The summed E-state index contributed by atoms with van der Waals surface area (Å²) in [6.07, 6.45) is 2.61. The van der Waals surface area contributed by atoms with Crippen molar-refractivity contribution >= 4 is 15.7 Å². The average Bonchev–Trinajstić information content (AvgIpc) is 2.62. The highest BCUT2D eigenvalue weighted by atomic mass is 32.2. The predicted molar refractivity (Wildman–Crippen MR) is 86.7 cm³/mol. The number of nitrogens with zero attached hydrogens (tertiary/aromatic N) is 2. The van der Waals surface area contributed by atoms with Crippen molar-refractivity contribution < 1.29 is 17.6 Å². The molecule has 0 spiro atoms. The number of likely N-dealkylation sites (tertiary alicyclic amines) is 1. The molecule has 1 atom stereocenters. The molecule has 1 aromatic carbocycles. The van der Waals surface area contributed by atoms with Crippen LogP contribution < -0.4 is 0 Å². The summed E-state index contributed by atoms with van der Waals surface area (Å²) in [6.45, 7) is 0.625. The van der Waals surface area contributed by atoms with E-state index in [0.717, 1.165) is 12.1 Å². The molecule has 0 aliphatic carbocycles. The number of amides is 1. The number of benzene rings is 1. The average molecular weight is 348 g/mol. The number of hydrogen-bond donors (Lipinski definition) is 0. The molecule has 3 rings (SSSR count).